The second-order valence-electron chi connectivity index (χ2n) is 4.39. The molecule has 0 aromatic carbocycles. The van der Waals surface area contributed by atoms with Gasteiger partial charge in [0.1, 0.15) is 0 Å². The molecule has 0 spiro atoms. The fraction of sp³-hybridized carbons (Fsp3) is 0.667. The van der Waals surface area contributed by atoms with E-state index in [9.17, 15) is 9.59 Å². The summed E-state index contributed by atoms with van der Waals surface area (Å²) < 4.78 is 1.40. The van der Waals surface area contributed by atoms with Crippen molar-refractivity contribution in [1.29, 1.82) is 0 Å². The molecule has 2 amide bonds. The number of carbonyl (C=O) groups excluding carboxylic acids is 1. The van der Waals surface area contributed by atoms with Gasteiger partial charge in [0.25, 0.3) is 0 Å². The maximum atomic E-state index is 11.9. The number of hydrogen-bond acceptors (Lipinski definition) is 4. The SMILES string of the molecule is CCCN(CCC)C(=O)NCCn1cc(C(=O)O)nn1. The molecule has 0 radical (unpaired) electrons. The lowest BCUT2D eigenvalue weighted by Gasteiger charge is -2.21. The lowest BCUT2D eigenvalue weighted by Crippen LogP contribution is -2.42. The largest absolute Gasteiger partial charge is 0.476 e. The van der Waals surface area contributed by atoms with Gasteiger partial charge in [0.2, 0.25) is 0 Å². The van der Waals surface area contributed by atoms with Crippen molar-refractivity contribution in [3.8, 4) is 0 Å². The van der Waals surface area contributed by atoms with E-state index in [1.807, 2.05) is 13.8 Å². The Labute approximate surface area is 117 Å². The quantitative estimate of drug-likeness (QED) is 0.735. The van der Waals surface area contributed by atoms with E-state index in [1.54, 1.807) is 4.90 Å². The first-order chi connectivity index (χ1) is 9.58. The highest BCUT2D eigenvalue weighted by Gasteiger charge is 2.11. The first-order valence-corrected chi connectivity index (χ1v) is 6.74. The summed E-state index contributed by atoms with van der Waals surface area (Å²) in [7, 11) is 0. The van der Waals surface area contributed by atoms with Crippen molar-refractivity contribution in [2.75, 3.05) is 19.6 Å². The van der Waals surface area contributed by atoms with Crippen LogP contribution in [0, 0.1) is 0 Å². The molecule has 0 bridgehead atoms. The molecule has 112 valence electrons. The van der Waals surface area contributed by atoms with E-state index in [0.29, 0.717) is 13.1 Å². The number of rotatable bonds is 8. The van der Waals surface area contributed by atoms with E-state index in [4.69, 9.17) is 5.11 Å². The number of aromatic nitrogens is 3. The number of nitrogens with zero attached hydrogens (tertiary/aromatic N) is 4. The lowest BCUT2D eigenvalue weighted by atomic mass is 10.4. The Morgan fingerprint density at radius 2 is 2.00 bits per heavy atom. The molecule has 1 heterocycles. The van der Waals surface area contributed by atoms with E-state index in [1.165, 1.54) is 10.9 Å². The molecule has 0 aliphatic carbocycles. The molecule has 8 heteroatoms. The number of aromatic carboxylic acids is 1. The number of urea groups is 1. The van der Waals surface area contributed by atoms with Gasteiger partial charge in [-0.2, -0.15) is 0 Å². The minimum absolute atomic E-state index is 0.102. The zero-order valence-corrected chi connectivity index (χ0v) is 11.9. The molecule has 1 rings (SSSR count). The Balaban J connectivity index is 2.38. The van der Waals surface area contributed by atoms with Crippen LogP contribution in [0.15, 0.2) is 6.20 Å². The normalized spacial score (nSPS) is 10.3. The van der Waals surface area contributed by atoms with Crippen LogP contribution < -0.4 is 5.32 Å². The topological polar surface area (TPSA) is 100 Å². The van der Waals surface area contributed by atoms with Gasteiger partial charge >= 0.3 is 12.0 Å². The molecule has 0 aliphatic heterocycles. The van der Waals surface area contributed by atoms with Gasteiger partial charge in [-0.05, 0) is 12.8 Å². The van der Waals surface area contributed by atoms with Gasteiger partial charge in [-0.25, -0.2) is 14.3 Å². The van der Waals surface area contributed by atoms with Gasteiger partial charge in [0.15, 0.2) is 5.69 Å². The van der Waals surface area contributed by atoms with Crippen LogP contribution in [0.4, 0.5) is 4.79 Å². The molecular weight excluding hydrogens is 262 g/mol. The molecule has 0 unspecified atom stereocenters. The summed E-state index contributed by atoms with van der Waals surface area (Å²) in [4.78, 5) is 24.3. The van der Waals surface area contributed by atoms with Crippen LogP contribution in [-0.2, 0) is 6.54 Å². The standard InChI is InChI=1S/C12H21N5O3/c1-3-6-16(7-4-2)12(20)13-5-8-17-9-10(11(18)19)14-15-17/h9H,3-8H2,1-2H3,(H,13,20)(H,18,19). The van der Waals surface area contributed by atoms with Crippen molar-refractivity contribution in [2.24, 2.45) is 0 Å². The Morgan fingerprint density at radius 3 is 2.50 bits per heavy atom. The Bertz CT molecular complexity index is 440. The average molecular weight is 283 g/mol. The Kier molecular flexibility index (Phi) is 6.48. The van der Waals surface area contributed by atoms with Crippen LogP contribution in [0.2, 0.25) is 0 Å². The molecule has 0 fully saturated rings. The summed E-state index contributed by atoms with van der Waals surface area (Å²) >= 11 is 0. The van der Waals surface area contributed by atoms with Crippen molar-refractivity contribution in [3.05, 3.63) is 11.9 Å². The van der Waals surface area contributed by atoms with E-state index >= 15 is 0 Å². The van der Waals surface area contributed by atoms with Gasteiger partial charge in [-0.1, -0.05) is 19.1 Å². The first-order valence-electron chi connectivity index (χ1n) is 6.74. The molecule has 0 aliphatic rings. The molecule has 0 atom stereocenters. The third kappa shape index (κ3) is 4.87. The zero-order valence-electron chi connectivity index (χ0n) is 11.9. The fourth-order valence-corrected chi connectivity index (χ4v) is 1.75. The predicted octanol–water partition coefficient (Wildman–Crippen LogP) is 0.808. The van der Waals surface area contributed by atoms with Gasteiger partial charge in [-0.15, -0.1) is 5.10 Å². The predicted molar refractivity (Wildman–Crippen MR) is 72.5 cm³/mol. The molecule has 1 aromatic heterocycles. The van der Waals surface area contributed by atoms with E-state index < -0.39 is 5.97 Å². The lowest BCUT2D eigenvalue weighted by molar-refractivity contribution is 0.0690. The van der Waals surface area contributed by atoms with Crippen LogP contribution in [0.1, 0.15) is 37.2 Å². The van der Waals surface area contributed by atoms with E-state index in [0.717, 1.165) is 25.9 Å². The number of hydrogen-bond donors (Lipinski definition) is 2. The summed E-state index contributed by atoms with van der Waals surface area (Å²) in [5, 5.41) is 18.7. The van der Waals surface area contributed by atoms with Crippen molar-refractivity contribution in [2.45, 2.75) is 33.2 Å². The monoisotopic (exact) mass is 283 g/mol. The smallest absolute Gasteiger partial charge is 0.358 e. The molecule has 0 saturated heterocycles. The number of carboxylic acid groups (broad SMARTS) is 1. The molecule has 2 N–H and O–H groups in total. The van der Waals surface area contributed by atoms with Gasteiger partial charge in [-0.3, -0.25) is 0 Å². The number of nitrogens with one attached hydrogen (secondary N) is 1. The van der Waals surface area contributed by atoms with Crippen molar-refractivity contribution in [3.63, 3.8) is 0 Å². The van der Waals surface area contributed by atoms with Gasteiger partial charge in [0.05, 0.1) is 12.7 Å². The third-order valence-corrected chi connectivity index (χ3v) is 2.65. The van der Waals surface area contributed by atoms with Crippen LogP contribution in [0.3, 0.4) is 0 Å². The van der Waals surface area contributed by atoms with Crippen LogP contribution in [-0.4, -0.2) is 56.6 Å². The van der Waals surface area contributed by atoms with Gasteiger partial charge in [0, 0.05) is 19.6 Å². The van der Waals surface area contributed by atoms with Crippen molar-refractivity contribution < 1.29 is 14.7 Å². The van der Waals surface area contributed by atoms with E-state index in [-0.39, 0.29) is 11.7 Å². The molecule has 1 aromatic rings. The minimum atomic E-state index is -1.11. The van der Waals surface area contributed by atoms with E-state index in [2.05, 4.69) is 15.6 Å². The van der Waals surface area contributed by atoms with Crippen LogP contribution in [0.5, 0.6) is 0 Å². The number of carboxylic acids is 1. The number of amides is 2. The van der Waals surface area contributed by atoms with Gasteiger partial charge < -0.3 is 15.3 Å². The highest BCUT2D eigenvalue weighted by molar-refractivity contribution is 5.84. The zero-order chi connectivity index (χ0) is 15.0. The minimum Gasteiger partial charge on any atom is -0.476 e. The highest BCUT2D eigenvalue weighted by Crippen LogP contribution is 1.95. The Hall–Kier alpha value is -2.12. The molecule has 20 heavy (non-hydrogen) atoms. The molecular formula is C12H21N5O3. The van der Waals surface area contributed by atoms with Crippen LogP contribution >= 0.6 is 0 Å². The first kappa shape index (κ1) is 15.9. The van der Waals surface area contributed by atoms with Crippen molar-refractivity contribution >= 4 is 12.0 Å². The summed E-state index contributed by atoms with van der Waals surface area (Å²) in [6.45, 7) is 6.28. The maximum Gasteiger partial charge on any atom is 0.358 e. The van der Waals surface area contributed by atoms with Crippen LogP contribution in [0.25, 0.3) is 0 Å². The maximum absolute atomic E-state index is 11.9. The highest BCUT2D eigenvalue weighted by atomic mass is 16.4. The molecule has 8 nitrogen and oxygen atoms in total. The third-order valence-electron chi connectivity index (χ3n) is 2.65. The number of carbonyl (C=O) groups is 2. The summed E-state index contributed by atoms with van der Waals surface area (Å²) in [6, 6.07) is -0.104. The fourth-order valence-electron chi connectivity index (χ4n) is 1.75. The second kappa shape index (κ2) is 8.13. The average Bonchev–Trinajstić information content (AvgIpc) is 2.87. The molecule has 0 saturated carbocycles. The summed E-state index contributed by atoms with van der Waals surface area (Å²) in [6.07, 6.45) is 3.17. The second-order valence-corrected chi connectivity index (χ2v) is 4.39. The van der Waals surface area contributed by atoms with Crippen molar-refractivity contribution in [1.82, 2.24) is 25.2 Å². The Morgan fingerprint density at radius 1 is 1.35 bits per heavy atom. The summed E-state index contributed by atoms with van der Waals surface area (Å²) in [5.41, 5.74) is -0.102. The summed E-state index contributed by atoms with van der Waals surface area (Å²) in [5.74, 6) is -1.11.